The number of nitrogens with zero attached hydrogens (tertiary/aromatic N) is 1. The third kappa shape index (κ3) is 5.45. The van der Waals surface area contributed by atoms with Gasteiger partial charge in [0.1, 0.15) is 11.5 Å². The van der Waals surface area contributed by atoms with Crippen molar-refractivity contribution in [1.29, 1.82) is 0 Å². The molecule has 2 heterocycles. The molecule has 3 rings (SSSR count). The van der Waals surface area contributed by atoms with Gasteiger partial charge in [0, 0.05) is 24.3 Å². The molecular weight excluding hydrogens is 354 g/mol. The molecule has 1 aromatic heterocycles. The van der Waals surface area contributed by atoms with E-state index in [0.29, 0.717) is 18.2 Å². The second-order valence-corrected chi connectivity index (χ2v) is 7.69. The Morgan fingerprint density at radius 3 is 2.50 bits per heavy atom. The summed E-state index contributed by atoms with van der Waals surface area (Å²) in [6.07, 6.45) is 2.02. The largest absolute Gasteiger partial charge is 0.466 e. The summed E-state index contributed by atoms with van der Waals surface area (Å²) in [6.45, 7) is 9.34. The topological polar surface area (TPSA) is 74.6 Å². The predicted molar refractivity (Wildman–Crippen MR) is 109 cm³/mol. The fourth-order valence-corrected chi connectivity index (χ4v) is 3.66. The number of hydrogen-bond donors (Lipinski definition) is 2. The number of nitrogens with one attached hydrogen (secondary N) is 2. The Kier molecular flexibility index (Phi) is 6.52. The lowest BCUT2D eigenvalue weighted by Gasteiger charge is -2.31. The number of anilines is 1. The highest BCUT2D eigenvalue weighted by molar-refractivity contribution is 6.39. The van der Waals surface area contributed by atoms with Crippen LogP contribution in [0.3, 0.4) is 0 Å². The van der Waals surface area contributed by atoms with Crippen molar-refractivity contribution in [2.75, 3.05) is 25.0 Å². The van der Waals surface area contributed by atoms with Gasteiger partial charge < -0.3 is 15.1 Å². The molecule has 1 saturated heterocycles. The smallest absolute Gasteiger partial charge is 0.313 e. The first kappa shape index (κ1) is 20.1. The first-order valence-corrected chi connectivity index (χ1v) is 9.85. The van der Waals surface area contributed by atoms with Crippen LogP contribution in [0, 0.1) is 26.7 Å². The number of piperidine rings is 1. The molecule has 0 spiro atoms. The van der Waals surface area contributed by atoms with Gasteiger partial charge in [0.2, 0.25) is 0 Å². The van der Waals surface area contributed by atoms with Gasteiger partial charge in [-0.2, -0.15) is 0 Å². The normalized spacial score (nSPS) is 15.4. The number of carbonyl (C=O) groups excluding carboxylic acids is 2. The molecule has 6 heteroatoms. The summed E-state index contributed by atoms with van der Waals surface area (Å²) in [6, 6.07) is 9.51. The summed E-state index contributed by atoms with van der Waals surface area (Å²) in [5, 5.41) is 5.42. The van der Waals surface area contributed by atoms with Crippen molar-refractivity contribution in [2.24, 2.45) is 5.92 Å². The minimum atomic E-state index is -0.617. The van der Waals surface area contributed by atoms with E-state index in [0.717, 1.165) is 49.6 Å². The molecule has 28 heavy (non-hydrogen) atoms. The number of aryl methyl sites for hydroxylation is 3. The zero-order chi connectivity index (χ0) is 20.1. The molecule has 1 aromatic carbocycles. The van der Waals surface area contributed by atoms with Crippen molar-refractivity contribution in [2.45, 2.75) is 40.2 Å². The highest BCUT2D eigenvalue weighted by Gasteiger charge is 2.22. The number of rotatable bonds is 5. The molecule has 1 aliphatic heterocycles. The fraction of sp³-hybridized carbons (Fsp3) is 0.455. The lowest BCUT2D eigenvalue weighted by Crippen LogP contribution is -2.41. The summed E-state index contributed by atoms with van der Waals surface area (Å²) in [4.78, 5) is 26.5. The number of hydrogen-bond acceptors (Lipinski definition) is 4. The maximum atomic E-state index is 12.1. The molecule has 0 bridgehead atoms. The van der Waals surface area contributed by atoms with Crippen LogP contribution >= 0.6 is 0 Å². The fourth-order valence-electron chi connectivity index (χ4n) is 3.66. The van der Waals surface area contributed by atoms with Crippen molar-refractivity contribution in [3.8, 4) is 0 Å². The van der Waals surface area contributed by atoms with Crippen molar-refractivity contribution in [3.63, 3.8) is 0 Å². The Morgan fingerprint density at radius 1 is 1.11 bits per heavy atom. The second-order valence-electron chi connectivity index (χ2n) is 7.69. The number of carbonyl (C=O) groups is 2. The van der Waals surface area contributed by atoms with Crippen LogP contribution in [-0.2, 0) is 16.1 Å². The van der Waals surface area contributed by atoms with Crippen molar-refractivity contribution >= 4 is 17.5 Å². The molecule has 2 amide bonds. The molecule has 2 aromatic rings. The van der Waals surface area contributed by atoms with E-state index in [-0.39, 0.29) is 0 Å². The van der Waals surface area contributed by atoms with Crippen molar-refractivity contribution in [1.82, 2.24) is 10.2 Å². The van der Waals surface area contributed by atoms with Crippen LogP contribution in [0.25, 0.3) is 0 Å². The van der Waals surface area contributed by atoms with E-state index in [1.165, 1.54) is 5.56 Å². The van der Waals surface area contributed by atoms with Crippen LogP contribution in [0.1, 0.15) is 35.5 Å². The van der Waals surface area contributed by atoms with Gasteiger partial charge in [-0.15, -0.1) is 0 Å². The summed E-state index contributed by atoms with van der Waals surface area (Å²) >= 11 is 0. The Labute approximate surface area is 166 Å². The summed E-state index contributed by atoms with van der Waals surface area (Å²) in [5.41, 5.74) is 2.92. The van der Waals surface area contributed by atoms with Crippen molar-refractivity contribution in [3.05, 3.63) is 53.0 Å². The molecule has 2 N–H and O–H groups in total. The van der Waals surface area contributed by atoms with Crippen LogP contribution in [0.2, 0.25) is 0 Å². The molecule has 1 fully saturated rings. The van der Waals surface area contributed by atoms with Crippen molar-refractivity contribution < 1.29 is 14.0 Å². The molecule has 0 atom stereocenters. The first-order chi connectivity index (χ1) is 13.4. The standard InChI is InChI=1S/C22H29N3O3/c1-15-5-4-6-20(11-15)24-22(27)21(26)23-13-18-7-9-25(10-8-18)14-19-12-16(2)28-17(19)3/h4-6,11-12,18H,7-10,13-14H2,1-3H3,(H,23,26)(H,24,27). The molecule has 0 saturated carbocycles. The van der Waals surface area contributed by atoms with Crippen LogP contribution in [-0.4, -0.2) is 36.3 Å². The Hall–Kier alpha value is -2.60. The van der Waals surface area contributed by atoms with Gasteiger partial charge in [0.15, 0.2) is 0 Å². The lowest BCUT2D eigenvalue weighted by atomic mass is 9.96. The van der Waals surface area contributed by atoms with E-state index >= 15 is 0 Å². The summed E-state index contributed by atoms with van der Waals surface area (Å²) < 4.78 is 5.60. The molecule has 0 aliphatic carbocycles. The molecule has 6 nitrogen and oxygen atoms in total. The Bertz CT molecular complexity index is 835. The Balaban J connectivity index is 1.39. The number of amides is 2. The highest BCUT2D eigenvalue weighted by atomic mass is 16.3. The van der Waals surface area contributed by atoms with Gasteiger partial charge in [-0.25, -0.2) is 0 Å². The monoisotopic (exact) mass is 383 g/mol. The average molecular weight is 383 g/mol. The van der Waals surface area contributed by atoms with E-state index in [4.69, 9.17) is 4.42 Å². The van der Waals surface area contributed by atoms with E-state index < -0.39 is 11.8 Å². The quantitative estimate of drug-likeness (QED) is 0.778. The maximum absolute atomic E-state index is 12.1. The minimum Gasteiger partial charge on any atom is -0.466 e. The predicted octanol–water partition coefficient (Wildman–Crippen LogP) is 3.17. The third-order valence-electron chi connectivity index (χ3n) is 5.28. The highest BCUT2D eigenvalue weighted by Crippen LogP contribution is 2.21. The Morgan fingerprint density at radius 2 is 1.86 bits per heavy atom. The minimum absolute atomic E-state index is 0.402. The maximum Gasteiger partial charge on any atom is 0.313 e. The second kappa shape index (κ2) is 9.06. The summed E-state index contributed by atoms with van der Waals surface area (Å²) in [5.74, 6) is 1.15. The van der Waals surface area contributed by atoms with E-state index in [9.17, 15) is 9.59 Å². The van der Waals surface area contributed by atoms with Gasteiger partial charge in [-0.3, -0.25) is 14.5 Å². The van der Waals surface area contributed by atoms with E-state index in [1.54, 1.807) is 6.07 Å². The van der Waals surface area contributed by atoms with Gasteiger partial charge >= 0.3 is 11.8 Å². The summed E-state index contributed by atoms with van der Waals surface area (Å²) in [7, 11) is 0. The van der Waals surface area contributed by atoms with Gasteiger partial charge in [0.05, 0.1) is 0 Å². The lowest BCUT2D eigenvalue weighted by molar-refractivity contribution is -0.136. The van der Waals surface area contributed by atoms with Crippen LogP contribution in [0.5, 0.6) is 0 Å². The van der Waals surface area contributed by atoms with E-state index in [2.05, 4.69) is 21.6 Å². The van der Waals surface area contributed by atoms with Gasteiger partial charge in [-0.1, -0.05) is 12.1 Å². The molecule has 150 valence electrons. The van der Waals surface area contributed by atoms with Crippen LogP contribution in [0.15, 0.2) is 34.7 Å². The molecule has 0 unspecified atom stereocenters. The molecular formula is C22H29N3O3. The molecule has 0 radical (unpaired) electrons. The van der Waals surface area contributed by atoms with Crippen LogP contribution < -0.4 is 10.6 Å². The zero-order valence-electron chi connectivity index (χ0n) is 16.9. The zero-order valence-corrected chi connectivity index (χ0v) is 16.9. The molecule has 1 aliphatic rings. The third-order valence-corrected chi connectivity index (χ3v) is 5.28. The SMILES string of the molecule is Cc1cccc(NC(=O)C(=O)NCC2CCN(Cc3cc(C)oc3C)CC2)c1. The number of benzene rings is 1. The van der Waals surface area contributed by atoms with E-state index in [1.807, 2.05) is 39.0 Å². The van der Waals surface area contributed by atoms with Gasteiger partial charge in [0.25, 0.3) is 0 Å². The average Bonchev–Trinajstić information content (AvgIpc) is 2.97. The first-order valence-electron chi connectivity index (χ1n) is 9.85. The van der Waals surface area contributed by atoms with Gasteiger partial charge in [-0.05, 0) is 76.4 Å². The number of likely N-dealkylation sites (tertiary alicyclic amines) is 1. The van der Waals surface area contributed by atoms with Crippen LogP contribution in [0.4, 0.5) is 5.69 Å². The number of furan rings is 1.